The van der Waals surface area contributed by atoms with Crippen molar-refractivity contribution in [3.8, 4) is 0 Å². The van der Waals surface area contributed by atoms with Crippen molar-refractivity contribution in [1.29, 1.82) is 0 Å². The average molecular weight is 469 g/mol. The zero-order valence-corrected chi connectivity index (χ0v) is 19.3. The van der Waals surface area contributed by atoms with Gasteiger partial charge in [0.25, 0.3) is 5.91 Å². The topological polar surface area (TPSA) is 168 Å². The highest BCUT2D eigenvalue weighted by Crippen LogP contribution is 2.09. The molecule has 0 spiro atoms. The van der Waals surface area contributed by atoms with Crippen LogP contribution in [-0.4, -0.2) is 82.5 Å². The summed E-state index contributed by atoms with van der Waals surface area (Å²) in [7, 11) is 0. The molecule has 0 aromatic heterocycles. The first-order valence-electron chi connectivity index (χ1n) is 11.1. The second kappa shape index (κ2) is 15.1. The van der Waals surface area contributed by atoms with Gasteiger partial charge in [-0.2, -0.15) is 0 Å². The minimum atomic E-state index is -0.747. The van der Waals surface area contributed by atoms with E-state index in [-0.39, 0.29) is 43.9 Å². The molecule has 1 aliphatic heterocycles. The lowest BCUT2D eigenvalue weighted by Crippen LogP contribution is -2.61. The third-order valence-corrected chi connectivity index (χ3v) is 5.11. The third kappa shape index (κ3) is 11.1. The summed E-state index contributed by atoms with van der Waals surface area (Å²) >= 11 is 0. The maximum Gasteiger partial charge on any atom is 0.269 e. The van der Waals surface area contributed by atoms with Crippen LogP contribution in [0.25, 0.3) is 0 Å². The van der Waals surface area contributed by atoms with Crippen LogP contribution >= 0.6 is 0 Å². The minimum Gasteiger partial charge on any atom is -0.396 e. The summed E-state index contributed by atoms with van der Waals surface area (Å²) in [6, 6.07) is -1.43. The lowest BCUT2D eigenvalue weighted by molar-refractivity contribution is -0.159. The highest BCUT2D eigenvalue weighted by molar-refractivity contribution is 5.96. The van der Waals surface area contributed by atoms with Crippen molar-refractivity contribution in [1.82, 2.24) is 21.0 Å². The number of hydrogen-bond acceptors (Lipinski definition) is 7. The summed E-state index contributed by atoms with van der Waals surface area (Å²) in [5, 5.41) is 36.1. The first-order chi connectivity index (χ1) is 15.7. The number of amides is 4. The second-order valence-electron chi connectivity index (χ2n) is 8.09. The zero-order valence-electron chi connectivity index (χ0n) is 19.3. The van der Waals surface area contributed by atoms with Gasteiger partial charge in [0.1, 0.15) is 12.1 Å². The highest BCUT2D eigenvalue weighted by atomic mass is 16.5. The van der Waals surface area contributed by atoms with Gasteiger partial charge in [0.15, 0.2) is 0 Å². The van der Waals surface area contributed by atoms with Crippen LogP contribution in [-0.2, 0) is 19.2 Å². The van der Waals surface area contributed by atoms with Crippen LogP contribution in [0.15, 0.2) is 23.3 Å². The van der Waals surface area contributed by atoms with Crippen molar-refractivity contribution in [2.75, 3.05) is 26.3 Å². The van der Waals surface area contributed by atoms with Crippen molar-refractivity contribution in [3.05, 3.63) is 23.3 Å². The molecule has 2 unspecified atom stereocenters. The molecule has 1 aliphatic rings. The molecule has 186 valence electrons. The quantitative estimate of drug-likeness (QED) is 0.0866. The van der Waals surface area contributed by atoms with E-state index in [4.69, 9.17) is 10.2 Å². The number of rotatable bonds is 14. The molecule has 0 radical (unpaired) electrons. The van der Waals surface area contributed by atoms with E-state index < -0.39 is 18.0 Å². The van der Waals surface area contributed by atoms with Crippen molar-refractivity contribution < 1.29 is 34.6 Å². The second-order valence-corrected chi connectivity index (χ2v) is 8.09. The molecule has 1 saturated heterocycles. The maximum atomic E-state index is 12.3. The first kappa shape index (κ1) is 28.3. The SMILES string of the molecule is CC(=CC(=O)NCCCC1NC(=O)C(CCCN(O)C(=O)C=C(C)CCO)NC1=O)CCO. The Kier molecular flexibility index (Phi) is 13.0. The van der Waals surface area contributed by atoms with Gasteiger partial charge in [-0.25, -0.2) is 5.06 Å². The summed E-state index contributed by atoms with van der Waals surface area (Å²) in [6.45, 7) is 3.66. The largest absolute Gasteiger partial charge is 0.396 e. The van der Waals surface area contributed by atoms with Crippen LogP contribution < -0.4 is 16.0 Å². The van der Waals surface area contributed by atoms with Crippen LogP contribution in [0.1, 0.15) is 52.4 Å². The first-order valence-corrected chi connectivity index (χ1v) is 11.1. The van der Waals surface area contributed by atoms with Gasteiger partial charge in [-0.3, -0.25) is 24.4 Å². The van der Waals surface area contributed by atoms with Gasteiger partial charge in [-0.1, -0.05) is 11.1 Å². The summed E-state index contributed by atoms with van der Waals surface area (Å²) in [4.78, 5) is 48.2. The number of hydroxylamine groups is 2. The smallest absolute Gasteiger partial charge is 0.269 e. The van der Waals surface area contributed by atoms with Gasteiger partial charge in [0.2, 0.25) is 17.7 Å². The molecular weight excluding hydrogens is 432 g/mol. The fraction of sp³-hybridized carbons (Fsp3) is 0.636. The van der Waals surface area contributed by atoms with E-state index >= 15 is 0 Å². The van der Waals surface area contributed by atoms with Crippen molar-refractivity contribution in [3.63, 3.8) is 0 Å². The Hall–Kier alpha value is -2.76. The molecule has 11 heteroatoms. The monoisotopic (exact) mass is 468 g/mol. The fourth-order valence-corrected chi connectivity index (χ4v) is 3.21. The van der Waals surface area contributed by atoms with E-state index in [0.29, 0.717) is 49.3 Å². The predicted molar refractivity (Wildman–Crippen MR) is 120 cm³/mol. The molecule has 4 amide bonds. The minimum absolute atomic E-state index is 0.00323. The van der Waals surface area contributed by atoms with E-state index in [1.165, 1.54) is 12.2 Å². The number of nitrogens with zero attached hydrogens (tertiary/aromatic N) is 1. The van der Waals surface area contributed by atoms with Crippen molar-refractivity contribution >= 4 is 23.6 Å². The number of carbonyl (C=O) groups excluding carboxylic acids is 4. The number of aliphatic hydroxyl groups excluding tert-OH is 2. The van der Waals surface area contributed by atoms with E-state index in [1.807, 2.05) is 0 Å². The molecule has 2 atom stereocenters. The molecule has 0 aliphatic carbocycles. The summed E-state index contributed by atoms with van der Waals surface area (Å²) in [6.07, 6.45) is 4.83. The van der Waals surface area contributed by atoms with Gasteiger partial charge >= 0.3 is 0 Å². The van der Waals surface area contributed by atoms with Crippen molar-refractivity contribution in [2.24, 2.45) is 0 Å². The van der Waals surface area contributed by atoms with Crippen LogP contribution in [0.3, 0.4) is 0 Å². The molecule has 1 heterocycles. The van der Waals surface area contributed by atoms with Crippen LogP contribution in [0.5, 0.6) is 0 Å². The number of aliphatic hydroxyl groups is 2. The van der Waals surface area contributed by atoms with Gasteiger partial charge in [-0.15, -0.1) is 0 Å². The summed E-state index contributed by atoms with van der Waals surface area (Å²) in [5.41, 5.74) is 1.40. The Bertz CT molecular complexity index is 751. The molecule has 11 nitrogen and oxygen atoms in total. The Balaban J connectivity index is 2.34. The maximum absolute atomic E-state index is 12.3. The standard InChI is InChI=1S/C22H36N4O7/c1-15(7-11-27)13-19(29)23-9-3-5-17-21(31)25-18(22(32)24-17)6-4-10-26(33)20(30)14-16(2)8-12-28/h13-14,17-18,27-28,33H,3-12H2,1-2H3,(H,23,29)(H,24,32)(H,25,31). The Morgan fingerprint density at radius 3 is 2.00 bits per heavy atom. The predicted octanol–water partition coefficient (Wildman–Crippen LogP) is -0.479. The molecule has 33 heavy (non-hydrogen) atoms. The van der Waals surface area contributed by atoms with Crippen LogP contribution in [0.2, 0.25) is 0 Å². The normalized spacial score (nSPS) is 19.1. The Morgan fingerprint density at radius 1 is 0.939 bits per heavy atom. The molecule has 0 saturated carbocycles. The lowest BCUT2D eigenvalue weighted by Gasteiger charge is -2.30. The van der Waals surface area contributed by atoms with Crippen LogP contribution in [0.4, 0.5) is 0 Å². The molecule has 6 N–H and O–H groups in total. The van der Waals surface area contributed by atoms with Crippen molar-refractivity contribution in [2.45, 2.75) is 64.5 Å². The summed E-state index contributed by atoms with van der Waals surface area (Å²) in [5.74, 6) is -1.53. The van der Waals surface area contributed by atoms with E-state index in [9.17, 15) is 24.4 Å². The number of carbonyl (C=O) groups is 4. The van der Waals surface area contributed by atoms with Gasteiger partial charge in [0, 0.05) is 38.5 Å². The molecule has 0 aromatic carbocycles. The van der Waals surface area contributed by atoms with E-state index in [0.717, 1.165) is 5.57 Å². The lowest BCUT2D eigenvalue weighted by atomic mass is 10.0. The van der Waals surface area contributed by atoms with Gasteiger partial charge < -0.3 is 26.2 Å². The molecule has 1 rings (SSSR count). The number of hydrogen-bond donors (Lipinski definition) is 6. The molecule has 1 fully saturated rings. The third-order valence-electron chi connectivity index (χ3n) is 5.11. The fourth-order valence-electron chi connectivity index (χ4n) is 3.21. The van der Waals surface area contributed by atoms with Gasteiger partial charge in [0.05, 0.1) is 0 Å². The Morgan fingerprint density at radius 2 is 1.45 bits per heavy atom. The molecular formula is C22H36N4O7. The molecule has 0 aromatic rings. The highest BCUT2D eigenvalue weighted by Gasteiger charge is 2.32. The van der Waals surface area contributed by atoms with E-state index in [1.54, 1.807) is 13.8 Å². The average Bonchev–Trinajstić information content (AvgIpc) is 2.74. The number of nitrogens with one attached hydrogen (secondary N) is 3. The van der Waals surface area contributed by atoms with Crippen LogP contribution in [0, 0.1) is 0 Å². The van der Waals surface area contributed by atoms with E-state index in [2.05, 4.69) is 16.0 Å². The number of piperazine rings is 1. The van der Waals surface area contributed by atoms with Gasteiger partial charge in [-0.05, 0) is 52.4 Å². The Labute approximate surface area is 193 Å². The molecule has 0 bridgehead atoms. The summed E-state index contributed by atoms with van der Waals surface area (Å²) < 4.78 is 0. The zero-order chi connectivity index (χ0) is 24.8.